The molecule has 1 aliphatic carbocycles. The van der Waals surface area contributed by atoms with Crippen molar-refractivity contribution in [2.24, 2.45) is 5.92 Å². The Balaban J connectivity index is 0. The van der Waals surface area contributed by atoms with Crippen LogP contribution in [-0.4, -0.2) is 45.0 Å². The molecule has 0 amide bonds. The van der Waals surface area contributed by atoms with Gasteiger partial charge < -0.3 is 16.7 Å². The summed E-state index contributed by atoms with van der Waals surface area (Å²) in [6, 6.07) is 0.707. The van der Waals surface area contributed by atoms with Crippen LogP contribution >= 0.6 is 24.8 Å². The van der Waals surface area contributed by atoms with E-state index in [0.717, 1.165) is 18.8 Å². The molecule has 8 heteroatoms. The lowest BCUT2D eigenvalue weighted by Gasteiger charge is -2.44. The van der Waals surface area contributed by atoms with Gasteiger partial charge in [-0.1, -0.05) is 6.92 Å². The average molecular weight is 355 g/mol. The molecule has 130 valence electrons. The molecular weight excluding hydrogens is 327 g/mol. The smallest absolute Gasteiger partial charge is 0.220 e. The normalized spacial score (nSPS) is 22.6. The van der Waals surface area contributed by atoms with Gasteiger partial charge in [0.05, 0.1) is 0 Å². The molecule has 2 aliphatic rings. The molecule has 22 heavy (non-hydrogen) atoms. The van der Waals surface area contributed by atoms with Crippen molar-refractivity contribution in [3.8, 4) is 0 Å². The van der Waals surface area contributed by atoms with Gasteiger partial charge in [0.15, 0.2) is 0 Å². The summed E-state index contributed by atoms with van der Waals surface area (Å²) < 4.78 is 0. The number of fused-ring (bicyclic) bond motifs is 2. The number of nitrogens with two attached hydrogens (primary N) is 1. The molecular formula is C14H28Cl2N4O2. The zero-order chi connectivity index (χ0) is 12.5. The number of halogens is 2. The number of anilines is 1. The van der Waals surface area contributed by atoms with Crippen molar-refractivity contribution in [1.82, 2.24) is 14.9 Å². The van der Waals surface area contributed by atoms with Crippen LogP contribution in [0.5, 0.6) is 0 Å². The standard InChI is InChI=1S/C14H22N4.2ClH.2H2O/c1-2-5-18-6-3-4-10-7-12-11(8-13(10)18)9-16-14(15)17-12;;;;/h9-10,13H,2-8H2,1H3,(H2,15,16,17);2*1H;2*1H2/t10-,13-;;;;/m1..../s1. The van der Waals surface area contributed by atoms with Crippen LogP contribution in [0.4, 0.5) is 5.95 Å². The number of aromatic nitrogens is 2. The van der Waals surface area contributed by atoms with Gasteiger partial charge in [0.25, 0.3) is 0 Å². The van der Waals surface area contributed by atoms with E-state index in [1.807, 2.05) is 6.20 Å². The van der Waals surface area contributed by atoms with E-state index in [2.05, 4.69) is 21.8 Å². The topological polar surface area (TPSA) is 118 Å². The van der Waals surface area contributed by atoms with Gasteiger partial charge >= 0.3 is 0 Å². The summed E-state index contributed by atoms with van der Waals surface area (Å²) >= 11 is 0. The lowest BCUT2D eigenvalue weighted by molar-refractivity contribution is 0.0845. The highest BCUT2D eigenvalue weighted by molar-refractivity contribution is 5.85. The summed E-state index contributed by atoms with van der Waals surface area (Å²) in [4.78, 5) is 11.2. The Morgan fingerprint density at radius 1 is 1.27 bits per heavy atom. The quantitative estimate of drug-likeness (QED) is 0.845. The molecule has 1 aliphatic heterocycles. The molecule has 3 rings (SSSR count). The zero-order valence-corrected chi connectivity index (χ0v) is 14.6. The van der Waals surface area contributed by atoms with Crippen LogP contribution in [0.15, 0.2) is 6.20 Å². The van der Waals surface area contributed by atoms with E-state index >= 15 is 0 Å². The van der Waals surface area contributed by atoms with E-state index in [9.17, 15) is 0 Å². The fourth-order valence-corrected chi connectivity index (χ4v) is 3.59. The van der Waals surface area contributed by atoms with E-state index in [1.54, 1.807) is 0 Å². The van der Waals surface area contributed by atoms with E-state index in [0.29, 0.717) is 12.0 Å². The van der Waals surface area contributed by atoms with Gasteiger partial charge in [-0.3, -0.25) is 4.90 Å². The molecule has 6 N–H and O–H groups in total. The minimum atomic E-state index is 0. The first-order chi connectivity index (χ1) is 8.78. The maximum Gasteiger partial charge on any atom is 0.220 e. The number of hydrogen-bond donors (Lipinski definition) is 1. The van der Waals surface area contributed by atoms with Gasteiger partial charge in [0, 0.05) is 17.9 Å². The molecule has 0 aromatic carbocycles. The third kappa shape index (κ3) is 4.67. The second-order valence-electron chi connectivity index (χ2n) is 5.61. The summed E-state index contributed by atoms with van der Waals surface area (Å²) in [7, 11) is 0. The summed E-state index contributed by atoms with van der Waals surface area (Å²) in [6.45, 7) is 4.76. The van der Waals surface area contributed by atoms with Crippen molar-refractivity contribution >= 4 is 30.8 Å². The highest BCUT2D eigenvalue weighted by Crippen LogP contribution is 2.34. The SMILES string of the molecule is CCCN1CCC[C@@H]2Cc3nc(N)ncc3C[C@H]21.Cl.Cl.O.O. The number of likely N-dealkylation sites (tertiary alicyclic amines) is 1. The number of nitrogen functional groups attached to an aromatic ring is 1. The fraction of sp³-hybridized carbons (Fsp3) is 0.714. The van der Waals surface area contributed by atoms with Crippen molar-refractivity contribution in [1.29, 1.82) is 0 Å². The first-order valence-electron chi connectivity index (χ1n) is 7.12. The molecule has 2 heterocycles. The molecule has 1 aromatic heterocycles. The molecule has 0 unspecified atom stereocenters. The minimum absolute atomic E-state index is 0. The van der Waals surface area contributed by atoms with E-state index in [1.165, 1.54) is 43.6 Å². The maximum absolute atomic E-state index is 5.69. The van der Waals surface area contributed by atoms with Crippen molar-refractivity contribution < 1.29 is 11.0 Å². The summed E-state index contributed by atoms with van der Waals surface area (Å²) in [5.74, 6) is 1.19. The highest BCUT2D eigenvalue weighted by atomic mass is 35.5. The number of nitrogens with zero attached hydrogens (tertiary/aromatic N) is 3. The first kappa shape index (κ1) is 23.6. The summed E-state index contributed by atoms with van der Waals surface area (Å²) in [5.41, 5.74) is 8.20. The Labute approximate surface area is 144 Å². The molecule has 0 bridgehead atoms. The van der Waals surface area contributed by atoms with Crippen molar-refractivity contribution in [2.75, 3.05) is 18.8 Å². The van der Waals surface area contributed by atoms with Crippen LogP contribution in [0.25, 0.3) is 0 Å². The predicted octanol–water partition coefficient (Wildman–Crippen LogP) is 0.842. The molecule has 1 aromatic rings. The Bertz CT molecular complexity index is 449. The van der Waals surface area contributed by atoms with Gasteiger partial charge in [-0.25, -0.2) is 9.97 Å². The Hall–Kier alpha value is -0.660. The average Bonchev–Trinajstić information content (AvgIpc) is 2.37. The number of piperidine rings is 1. The van der Waals surface area contributed by atoms with E-state index in [-0.39, 0.29) is 35.8 Å². The zero-order valence-electron chi connectivity index (χ0n) is 12.9. The lowest BCUT2D eigenvalue weighted by atomic mass is 9.77. The van der Waals surface area contributed by atoms with E-state index in [4.69, 9.17) is 5.73 Å². The first-order valence-corrected chi connectivity index (χ1v) is 7.12. The molecule has 0 radical (unpaired) electrons. The van der Waals surface area contributed by atoms with Gasteiger partial charge in [-0.05, 0) is 56.7 Å². The van der Waals surface area contributed by atoms with Gasteiger partial charge in [-0.2, -0.15) is 0 Å². The van der Waals surface area contributed by atoms with Crippen LogP contribution in [0.2, 0.25) is 0 Å². The van der Waals surface area contributed by atoms with Crippen molar-refractivity contribution in [2.45, 2.75) is 45.1 Å². The van der Waals surface area contributed by atoms with Crippen LogP contribution in [0.1, 0.15) is 37.4 Å². The monoisotopic (exact) mass is 354 g/mol. The second-order valence-corrected chi connectivity index (χ2v) is 5.61. The Kier molecular flexibility index (Phi) is 10.9. The summed E-state index contributed by atoms with van der Waals surface area (Å²) in [6.07, 6.45) is 8.06. The second kappa shape index (κ2) is 10.2. The van der Waals surface area contributed by atoms with E-state index < -0.39 is 0 Å². The number of rotatable bonds is 2. The minimum Gasteiger partial charge on any atom is -0.412 e. The van der Waals surface area contributed by atoms with Crippen molar-refractivity contribution in [3.63, 3.8) is 0 Å². The third-order valence-electron chi connectivity index (χ3n) is 4.40. The largest absolute Gasteiger partial charge is 0.412 e. The lowest BCUT2D eigenvalue weighted by Crippen LogP contribution is -2.49. The molecule has 1 saturated heterocycles. The Morgan fingerprint density at radius 3 is 2.68 bits per heavy atom. The van der Waals surface area contributed by atoms with Gasteiger partial charge in [-0.15, -0.1) is 24.8 Å². The van der Waals surface area contributed by atoms with Crippen LogP contribution < -0.4 is 5.73 Å². The number of hydrogen-bond acceptors (Lipinski definition) is 4. The fourth-order valence-electron chi connectivity index (χ4n) is 3.59. The Morgan fingerprint density at radius 2 is 2.00 bits per heavy atom. The molecule has 0 spiro atoms. The van der Waals surface area contributed by atoms with Crippen LogP contribution in [0, 0.1) is 5.92 Å². The maximum atomic E-state index is 5.69. The third-order valence-corrected chi connectivity index (χ3v) is 4.40. The van der Waals surface area contributed by atoms with Gasteiger partial charge in [0.1, 0.15) is 0 Å². The molecule has 1 fully saturated rings. The molecule has 2 atom stereocenters. The van der Waals surface area contributed by atoms with Gasteiger partial charge in [0.2, 0.25) is 5.95 Å². The molecule has 6 nitrogen and oxygen atoms in total. The van der Waals surface area contributed by atoms with Crippen molar-refractivity contribution in [3.05, 3.63) is 17.5 Å². The van der Waals surface area contributed by atoms with Crippen LogP contribution in [-0.2, 0) is 12.8 Å². The van der Waals surface area contributed by atoms with Crippen LogP contribution in [0.3, 0.4) is 0 Å². The molecule has 0 saturated carbocycles. The highest BCUT2D eigenvalue weighted by Gasteiger charge is 2.35. The predicted molar refractivity (Wildman–Crippen MR) is 94.0 cm³/mol. The summed E-state index contributed by atoms with van der Waals surface area (Å²) in [5, 5.41) is 0.